The van der Waals surface area contributed by atoms with Gasteiger partial charge in [0.25, 0.3) is 0 Å². The van der Waals surface area contributed by atoms with Crippen molar-refractivity contribution < 1.29 is 4.42 Å². The largest absolute Gasteiger partial charge is 0.456 e. The number of furan rings is 1. The molecule has 0 saturated heterocycles. The molecule has 55 heavy (non-hydrogen) atoms. The molecule has 0 unspecified atom stereocenters. The van der Waals surface area contributed by atoms with E-state index in [2.05, 4.69) is 193 Å². The zero-order valence-corrected chi connectivity index (χ0v) is 30.6. The highest BCUT2D eigenvalue weighted by molar-refractivity contribution is 7.25. The molecule has 3 heteroatoms. The summed E-state index contributed by atoms with van der Waals surface area (Å²) in [6.45, 7) is 0. The van der Waals surface area contributed by atoms with Gasteiger partial charge in [0.15, 0.2) is 0 Å². The van der Waals surface area contributed by atoms with E-state index in [0.29, 0.717) is 0 Å². The maximum atomic E-state index is 6.15. The van der Waals surface area contributed by atoms with Crippen LogP contribution in [0, 0.1) is 0 Å². The van der Waals surface area contributed by atoms with Gasteiger partial charge < -0.3 is 9.32 Å². The van der Waals surface area contributed by atoms with Crippen LogP contribution in [0.4, 0.5) is 17.1 Å². The highest BCUT2D eigenvalue weighted by atomic mass is 32.1. The number of para-hydroxylation sites is 1. The summed E-state index contributed by atoms with van der Waals surface area (Å²) in [6.07, 6.45) is 0. The van der Waals surface area contributed by atoms with Crippen LogP contribution in [0.2, 0.25) is 0 Å². The Hall–Kier alpha value is -6.94. The van der Waals surface area contributed by atoms with Crippen molar-refractivity contribution in [2.24, 2.45) is 0 Å². The smallest absolute Gasteiger partial charge is 0.135 e. The molecule has 11 rings (SSSR count). The van der Waals surface area contributed by atoms with Gasteiger partial charge in [0, 0.05) is 47.7 Å². The van der Waals surface area contributed by atoms with Gasteiger partial charge >= 0.3 is 0 Å². The van der Waals surface area contributed by atoms with Gasteiger partial charge in [-0.3, -0.25) is 0 Å². The van der Waals surface area contributed by atoms with Crippen molar-refractivity contribution in [3.05, 3.63) is 200 Å². The van der Waals surface area contributed by atoms with Crippen molar-refractivity contribution in [1.29, 1.82) is 0 Å². The number of benzene rings is 9. The van der Waals surface area contributed by atoms with Crippen molar-refractivity contribution in [1.82, 2.24) is 0 Å². The zero-order chi connectivity index (χ0) is 36.3. The van der Waals surface area contributed by atoms with Gasteiger partial charge in [0.1, 0.15) is 11.2 Å². The number of anilines is 3. The molecular formula is C52H33NOS. The van der Waals surface area contributed by atoms with Crippen molar-refractivity contribution in [3.63, 3.8) is 0 Å². The van der Waals surface area contributed by atoms with Crippen molar-refractivity contribution >= 4 is 81.3 Å². The third kappa shape index (κ3) is 5.48. The lowest BCUT2D eigenvalue weighted by Gasteiger charge is -2.28. The Morgan fingerprint density at radius 2 is 0.873 bits per heavy atom. The predicted molar refractivity (Wildman–Crippen MR) is 235 cm³/mol. The van der Waals surface area contributed by atoms with Gasteiger partial charge in [0.05, 0.1) is 5.69 Å². The summed E-state index contributed by atoms with van der Waals surface area (Å²) in [6, 6.07) is 72.4. The number of hydrogen-bond donors (Lipinski definition) is 0. The average molecular weight is 720 g/mol. The highest BCUT2D eigenvalue weighted by Crippen LogP contribution is 2.45. The molecule has 2 aromatic heterocycles. The van der Waals surface area contributed by atoms with E-state index in [1.807, 2.05) is 23.5 Å². The molecule has 0 fully saturated rings. The van der Waals surface area contributed by atoms with Crippen molar-refractivity contribution in [2.75, 3.05) is 4.90 Å². The van der Waals surface area contributed by atoms with Crippen LogP contribution >= 0.6 is 11.3 Å². The molecule has 9 aromatic carbocycles. The second-order valence-electron chi connectivity index (χ2n) is 14.1. The van der Waals surface area contributed by atoms with Crippen LogP contribution in [0.25, 0.3) is 86.3 Å². The molecule has 0 spiro atoms. The maximum Gasteiger partial charge on any atom is 0.135 e. The summed E-state index contributed by atoms with van der Waals surface area (Å²) in [7, 11) is 0. The van der Waals surface area contributed by atoms with Gasteiger partial charge in [-0.05, 0) is 112 Å². The van der Waals surface area contributed by atoms with Crippen LogP contribution < -0.4 is 4.90 Å². The van der Waals surface area contributed by atoms with Crippen LogP contribution in [0.1, 0.15) is 0 Å². The summed E-state index contributed by atoms with van der Waals surface area (Å²) in [5.74, 6) is 0. The van der Waals surface area contributed by atoms with Crippen LogP contribution in [-0.2, 0) is 0 Å². The first-order valence-corrected chi connectivity index (χ1v) is 19.5. The van der Waals surface area contributed by atoms with Gasteiger partial charge in [-0.25, -0.2) is 0 Å². The molecular weight excluding hydrogens is 687 g/mol. The highest BCUT2D eigenvalue weighted by Gasteiger charge is 2.19. The summed E-state index contributed by atoms with van der Waals surface area (Å²) < 4.78 is 8.70. The Bertz CT molecular complexity index is 3190. The number of fused-ring (bicyclic) bond motifs is 7. The standard InChI is InChI=1S/C52H33NOS/c1-3-11-34(12-4-1)36-19-23-41(24-20-36)53(48-32-40(35-13-5-2-6-14-35)29-39-15-7-8-16-43(39)48)42-25-28-52-47(33-42)46-31-38(22-27-51(46)55-52)37-21-26-50-45(30-37)44-17-9-10-18-49(44)54-50/h1-33H. The lowest BCUT2D eigenvalue weighted by Crippen LogP contribution is -2.10. The summed E-state index contributed by atoms with van der Waals surface area (Å²) in [4.78, 5) is 2.44. The molecule has 258 valence electrons. The summed E-state index contributed by atoms with van der Waals surface area (Å²) in [5, 5.41) is 7.21. The first kappa shape index (κ1) is 31.6. The minimum atomic E-state index is 0.914. The Morgan fingerprint density at radius 1 is 0.327 bits per heavy atom. The van der Waals surface area contributed by atoms with E-state index in [-0.39, 0.29) is 0 Å². The SMILES string of the molecule is c1ccc(-c2ccc(N(c3ccc4sc5ccc(-c6ccc7oc8ccccc8c7c6)cc5c4c3)c3cc(-c4ccccc4)cc4ccccc34)cc2)cc1. The first-order valence-electron chi connectivity index (χ1n) is 18.7. The van der Waals surface area contributed by atoms with E-state index in [0.717, 1.165) is 39.0 Å². The van der Waals surface area contributed by atoms with E-state index >= 15 is 0 Å². The topological polar surface area (TPSA) is 16.4 Å². The second-order valence-corrected chi connectivity index (χ2v) is 15.2. The number of rotatable bonds is 6. The van der Waals surface area contributed by atoms with Gasteiger partial charge in [-0.2, -0.15) is 0 Å². The first-order chi connectivity index (χ1) is 27.2. The average Bonchev–Trinajstić information content (AvgIpc) is 3.82. The van der Waals surface area contributed by atoms with E-state index in [9.17, 15) is 0 Å². The summed E-state index contributed by atoms with van der Waals surface area (Å²) >= 11 is 1.85. The minimum Gasteiger partial charge on any atom is -0.456 e. The zero-order valence-electron chi connectivity index (χ0n) is 29.8. The van der Waals surface area contributed by atoms with E-state index in [1.54, 1.807) is 0 Å². The molecule has 0 N–H and O–H groups in total. The molecule has 2 heterocycles. The van der Waals surface area contributed by atoms with Crippen LogP contribution in [-0.4, -0.2) is 0 Å². The maximum absolute atomic E-state index is 6.15. The van der Waals surface area contributed by atoms with Crippen LogP contribution in [0.15, 0.2) is 205 Å². The fourth-order valence-corrected chi connectivity index (χ4v) is 9.19. The second kappa shape index (κ2) is 12.9. The van der Waals surface area contributed by atoms with Crippen molar-refractivity contribution in [3.8, 4) is 33.4 Å². The van der Waals surface area contributed by atoms with Gasteiger partial charge in [0.2, 0.25) is 0 Å². The minimum absolute atomic E-state index is 0.914. The molecule has 0 aliphatic carbocycles. The molecule has 11 aromatic rings. The van der Waals surface area contributed by atoms with E-state index in [1.165, 1.54) is 64.3 Å². The number of thiophene rings is 1. The predicted octanol–water partition coefficient (Wildman–Crippen LogP) is 15.6. The quantitative estimate of drug-likeness (QED) is 0.170. The molecule has 0 amide bonds. The normalized spacial score (nSPS) is 11.6. The molecule has 0 aliphatic rings. The van der Waals surface area contributed by atoms with Crippen LogP contribution in [0.5, 0.6) is 0 Å². The lowest BCUT2D eigenvalue weighted by molar-refractivity contribution is 0.669. The Morgan fingerprint density at radius 3 is 1.65 bits per heavy atom. The molecule has 0 radical (unpaired) electrons. The third-order valence-corrected chi connectivity index (χ3v) is 12.0. The molecule has 0 aliphatic heterocycles. The van der Waals surface area contributed by atoms with E-state index in [4.69, 9.17) is 4.42 Å². The Kier molecular flexibility index (Phi) is 7.39. The number of hydrogen-bond acceptors (Lipinski definition) is 3. The Labute approximate surface area is 322 Å². The van der Waals surface area contributed by atoms with Gasteiger partial charge in [-0.15, -0.1) is 11.3 Å². The molecule has 0 atom stereocenters. The molecule has 0 bridgehead atoms. The Balaban J connectivity index is 1.10. The fourth-order valence-electron chi connectivity index (χ4n) is 8.12. The van der Waals surface area contributed by atoms with Crippen molar-refractivity contribution in [2.45, 2.75) is 0 Å². The molecule has 2 nitrogen and oxygen atoms in total. The molecule has 0 saturated carbocycles. The third-order valence-electron chi connectivity index (χ3n) is 10.8. The monoisotopic (exact) mass is 719 g/mol. The van der Waals surface area contributed by atoms with Crippen LogP contribution in [0.3, 0.4) is 0 Å². The lowest BCUT2D eigenvalue weighted by atomic mass is 9.98. The number of nitrogens with zero attached hydrogens (tertiary/aromatic N) is 1. The van der Waals surface area contributed by atoms with Gasteiger partial charge in [-0.1, -0.05) is 127 Å². The van der Waals surface area contributed by atoms with E-state index < -0.39 is 0 Å². The fraction of sp³-hybridized carbons (Fsp3) is 0. The summed E-state index contributed by atoms with van der Waals surface area (Å²) in [5.41, 5.74) is 12.4.